The summed E-state index contributed by atoms with van der Waals surface area (Å²) in [5, 5.41) is 0. The van der Waals surface area contributed by atoms with Gasteiger partial charge in [0.25, 0.3) is 20.0 Å². The summed E-state index contributed by atoms with van der Waals surface area (Å²) in [7, 11) is -1.87. The predicted molar refractivity (Wildman–Crippen MR) is 62.9 cm³/mol. The zero-order chi connectivity index (χ0) is 9.45. The summed E-state index contributed by atoms with van der Waals surface area (Å²) < 4.78 is 16.3. The van der Waals surface area contributed by atoms with Gasteiger partial charge in [0, 0.05) is 0 Å². The quantitative estimate of drug-likeness (QED) is 0.419. The van der Waals surface area contributed by atoms with Gasteiger partial charge in [-0.3, -0.25) is 0 Å². The SMILES string of the molecule is CC[Si](C)(CC)O[SiH2]O[SiH2]O[SiH3]. The molecule has 0 aromatic heterocycles. The van der Waals surface area contributed by atoms with Crippen molar-refractivity contribution in [2.75, 3.05) is 0 Å². The third-order valence-corrected chi connectivity index (χ3v) is 10.7. The van der Waals surface area contributed by atoms with Crippen molar-refractivity contribution in [1.82, 2.24) is 0 Å². The van der Waals surface area contributed by atoms with Gasteiger partial charge in [-0.05, 0) is 18.6 Å². The maximum atomic E-state index is 5.86. The Bertz CT molecular complexity index is 109. The Hall–Kier alpha value is 0.748. The lowest BCUT2D eigenvalue weighted by molar-refractivity contribution is 0.423. The van der Waals surface area contributed by atoms with Crippen LogP contribution >= 0.6 is 0 Å². The van der Waals surface area contributed by atoms with Gasteiger partial charge in [-0.1, -0.05) is 13.8 Å². The van der Waals surface area contributed by atoms with Crippen LogP contribution in [0.4, 0.5) is 0 Å². The normalized spacial score (nSPS) is 14.2. The summed E-state index contributed by atoms with van der Waals surface area (Å²) in [6, 6.07) is 2.40. The van der Waals surface area contributed by atoms with Crippen LogP contribution < -0.4 is 0 Å². The standard InChI is InChI=1S/C5H20O3Si4/c1-4-12(3,5-2)8-11-7-10-6-9/h4-5,10-11H2,1-3,9H3. The van der Waals surface area contributed by atoms with E-state index >= 15 is 0 Å². The third kappa shape index (κ3) is 5.40. The number of hydrogen-bond donors (Lipinski definition) is 0. The van der Waals surface area contributed by atoms with E-state index in [9.17, 15) is 0 Å². The molecule has 0 aliphatic rings. The summed E-state index contributed by atoms with van der Waals surface area (Å²) >= 11 is 0. The maximum absolute atomic E-state index is 5.86. The first kappa shape index (κ1) is 12.7. The van der Waals surface area contributed by atoms with Crippen LogP contribution in [0.3, 0.4) is 0 Å². The lowest BCUT2D eigenvalue weighted by Gasteiger charge is -2.24. The molecule has 0 bridgehead atoms. The zero-order valence-corrected chi connectivity index (χ0v) is 14.4. The zero-order valence-electron chi connectivity index (χ0n) is 8.55. The Morgan fingerprint density at radius 1 is 1.25 bits per heavy atom. The van der Waals surface area contributed by atoms with E-state index < -0.39 is 28.3 Å². The van der Waals surface area contributed by atoms with Crippen LogP contribution in [0.15, 0.2) is 0 Å². The van der Waals surface area contributed by atoms with Gasteiger partial charge < -0.3 is 12.3 Å². The van der Waals surface area contributed by atoms with Gasteiger partial charge in [-0.15, -0.1) is 0 Å². The van der Waals surface area contributed by atoms with Crippen LogP contribution in [0.2, 0.25) is 18.6 Å². The Kier molecular flexibility index (Phi) is 7.63. The molecule has 0 aromatic carbocycles. The minimum absolute atomic E-state index is 0.642. The van der Waals surface area contributed by atoms with Gasteiger partial charge in [-0.2, -0.15) is 0 Å². The molecular weight excluding hydrogens is 220 g/mol. The molecule has 0 atom stereocenters. The molecule has 0 N–H and O–H groups in total. The molecule has 0 radical (unpaired) electrons. The molecule has 12 heavy (non-hydrogen) atoms. The summed E-state index contributed by atoms with van der Waals surface area (Å²) in [6.45, 7) is 6.71. The van der Waals surface area contributed by atoms with E-state index in [2.05, 4.69) is 20.4 Å². The van der Waals surface area contributed by atoms with Crippen molar-refractivity contribution in [3.63, 3.8) is 0 Å². The van der Waals surface area contributed by atoms with E-state index in [4.69, 9.17) is 12.3 Å². The van der Waals surface area contributed by atoms with Crippen LogP contribution in [0, 0.1) is 0 Å². The fourth-order valence-corrected chi connectivity index (χ4v) is 7.55. The molecule has 0 heterocycles. The van der Waals surface area contributed by atoms with Crippen LogP contribution in [-0.4, -0.2) is 38.8 Å². The molecule has 0 unspecified atom stereocenters. The number of hydrogen-bond acceptors (Lipinski definition) is 3. The van der Waals surface area contributed by atoms with Crippen LogP contribution in [0.25, 0.3) is 0 Å². The average molecular weight is 241 g/mol. The number of rotatable bonds is 7. The molecule has 0 aromatic rings. The molecule has 0 aliphatic heterocycles. The first-order valence-corrected chi connectivity index (χ1v) is 10.3. The van der Waals surface area contributed by atoms with Gasteiger partial charge in [-0.25, -0.2) is 0 Å². The minimum atomic E-state index is -1.33. The van der Waals surface area contributed by atoms with Crippen molar-refractivity contribution < 1.29 is 12.3 Å². The molecule has 0 fully saturated rings. The van der Waals surface area contributed by atoms with Crippen molar-refractivity contribution >= 4 is 38.8 Å². The largest absolute Gasteiger partial charge is 0.449 e. The third-order valence-electron chi connectivity index (χ3n) is 2.19. The van der Waals surface area contributed by atoms with Crippen LogP contribution in [-0.2, 0) is 12.3 Å². The van der Waals surface area contributed by atoms with Crippen LogP contribution in [0.1, 0.15) is 13.8 Å². The van der Waals surface area contributed by atoms with E-state index in [1.54, 1.807) is 0 Å². The van der Waals surface area contributed by atoms with Crippen LogP contribution in [0.5, 0.6) is 0 Å². The molecular formula is C5H20O3Si4. The highest BCUT2D eigenvalue weighted by Crippen LogP contribution is 2.14. The van der Waals surface area contributed by atoms with Gasteiger partial charge in [0.1, 0.15) is 10.5 Å². The van der Waals surface area contributed by atoms with Crippen molar-refractivity contribution in [2.45, 2.75) is 32.5 Å². The van der Waals surface area contributed by atoms with Crippen molar-refractivity contribution in [3.8, 4) is 0 Å². The monoisotopic (exact) mass is 240 g/mol. The molecule has 0 rings (SSSR count). The van der Waals surface area contributed by atoms with Crippen molar-refractivity contribution in [1.29, 1.82) is 0 Å². The highest BCUT2D eigenvalue weighted by Gasteiger charge is 2.23. The van der Waals surface area contributed by atoms with Crippen molar-refractivity contribution in [3.05, 3.63) is 0 Å². The smallest absolute Gasteiger partial charge is 0.284 e. The van der Waals surface area contributed by atoms with E-state index in [0.717, 1.165) is 10.5 Å². The molecule has 7 heteroatoms. The Balaban J connectivity index is 3.45. The molecule has 0 amide bonds. The first-order valence-electron chi connectivity index (χ1n) is 4.39. The molecule has 0 saturated carbocycles. The second-order valence-electron chi connectivity index (χ2n) is 3.03. The fourth-order valence-electron chi connectivity index (χ4n) is 0.755. The lowest BCUT2D eigenvalue weighted by Crippen LogP contribution is -2.35. The molecule has 0 spiro atoms. The maximum Gasteiger partial charge on any atom is 0.284 e. The van der Waals surface area contributed by atoms with Crippen molar-refractivity contribution in [2.24, 2.45) is 0 Å². The highest BCUT2D eigenvalue weighted by atomic mass is 28.4. The summed E-state index contributed by atoms with van der Waals surface area (Å²) in [6.07, 6.45) is 0. The first-order chi connectivity index (χ1) is 5.68. The fraction of sp³-hybridized carbons (Fsp3) is 1.00. The second kappa shape index (κ2) is 7.18. The molecule has 74 valence electrons. The molecule has 3 nitrogen and oxygen atoms in total. The van der Waals surface area contributed by atoms with E-state index in [0.29, 0.717) is 0 Å². The second-order valence-corrected chi connectivity index (χ2v) is 12.9. The lowest BCUT2D eigenvalue weighted by atomic mass is 10.9. The van der Waals surface area contributed by atoms with Gasteiger partial charge in [0.15, 0.2) is 8.32 Å². The Morgan fingerprint density at radius 3 is 2.25 bits per heavy atom. The summed E-state index contributed by atoms with van der Waals surface area (Å²) in [5.74, 6) is 0. The minimum Gasteiger partial charge on any atom is -0.449 e. The van der Waals surface area contributed by atoms with Gasteiger partial charge in [0.05, 0.1) is 0 Å². The highest BCUT2D eigenvalue weighted by molar-refractivity contribution is 6.75. The molecule has 0 aliphatic carbocycles. The topological polar surface area (TPSA) is 27.7 Å². The molecule has 0 saturated heterocycles. The summed E-state index contributed by atoms with van der Waals surface area (Å²) in [5.41, 5.74) is 0. The Labute approximate surface area is 84.0 Å². The summed E-state index contributed by atoms with van der Waals surface area (Å²) in [4.78, 5) is 0. The van der Waals surface area contributed by atoms with E-state index in [-0.39, 0.29) is 0 Å². The van der Waals surface area contributed by atoms with E-state index in [1.165, 1.54) is 12.1 Å². The van der Waals surface area contributed by atoms with E-state index in [1.807, 2.05) is 0 Å². The predicted octanol–water partition coefficient (Wildman–Crippen LogP) is -1.07. The van der Waals surface area contributed by atoms with Gasteiger partial charge >= 0.3 is 0 Å². The average Bonchev–Trinajstić information content (AvgIpc) is 2.12. The Morgan fingerprint density at radius 2 is 1.83 bits per heavy atom. The van der Waals surface area contributed by atoms with Gasteiger partial charge in [0.2, 0.25) is 0 Å².